The minimum Gasteiger partial charge on any atom is -0.358 e. The van der Waals surface area contributed by atoms with Crippen molar-refractivity contribution in [1.82, 2.24) is 15.1 Å². The molecule has 0 spiro atoms. The van der Waals surface area contributed by atoms with E-state index in [2.05, 4.69) is 15.1 Å². The van der Waals surface area contributed by atoms with Gasteiger partial charge in [0, 0.05) is 20.1 Å². The van der Waals surface area contributed by atoms with Crippen LogP contribution in [0, 0.1) is 5.92 Å². The Hall–Kier alpha value is -1.10. The lowest BCUT2D eigenvalue weighted by Gasteiger charge is -2.34. The van der Waals surface area contributed by atoms with Crippen molar-refractivity contribution in [3.63, 3.8) is 0 Å². The maximum Gasteiger partial charge on any atom is 0.239 e. The molecular weight excluding hydrogens is 278 g/mol. The van der Waals surface area contributed by atoms with Crippen LogP contribution in [0.3, 0.4) is 0 Å². The highest BCUT2D eigenvalue weighted by molar-refractivity contribution is 5.86. The zero-order valence-electron chi connectivity index (χ0n) is 13.7. The molecule has 2 heterocycles. The van der Waals surface area contributed by atoms with E-state index < -0.39 is 0 Å². The Bertz CT molecular complexity index is 414. The molecule has 1 N–H and O–H groups in total. The number of nitrogens with one attached hydrogen (secondary N) is 1. The van der Waals surface area contributed by atoms with Gasteiger partial charge >= 0.3 is 0 Å². The number of likely N-dealkylation sites (N-methyl/N-ethyl adjacent to an activating group) is 1. The number of carbonyl (C=O) groups is 2. The van der Waals surface area contributed by atoms with Crippen LogP contribution in [-0.2, 0) is 9.59 Å². The first-order chi connectivity index (χ1) is 10.7. The molecule has 1 aliphatic carbocycles. The van der Waals surface area contributed by atoms with Gasteiger partial charge in [-0.3, -0.25) is 14.5 Å². The van der Waals surface area contributed by atoms with Crippen molar-refractivity contribution in [2.24, 2.45) is 5.92 Å². The van der Waals surface area contributed by atoms with Crippen LogP contribution in [0.1, 0.15) is 51.4 Å². The summed E-state index contributed by atoms with van der Waals surface area (Å²) in [6, 6.07) is -0.158. The molecule has 3 rings (SSSR count). The average molecular weight is 307 g/mol. The molecule has 2 saturated heterocycles. The van der Waals surface area contributed by atoms with Crippen LogP contribution in [0.15, 0.2) is 0 Å². The third-order valence-electron chi connectivity index (χ3n) is 5.44. The first-order valence-corrected chi connectivity index (χ1v) is 8.98. The standard InChI is InChI=1S/C17H29N3O2/c1-18-16(21)15(13-8-9-13)20-12-6-7-14(20)17(22)19-10-4-2-3-5-11-19/h13-15H,2-12H2,1H3,(H,18,21)/t14-,15+/m0/s1. The van der Waals surface area contributed by atoms with Gasteiger partial charge in [0.1, 0.15) is 0 Å². The predicted octanol–water partition coefficient (Wildman–Crippen LogP) is 1.38. The first-order valence-electron chi connectivity index (χ1n) is 8.98. The maximum absolute atomic E-state index is 13.0. The van der Waals surface area contributed by atoms with Gasteiger partial charge in [-0.1, -0.05) is 12.8 Å². The summed E-state index contributed by atoms with van der Waals surface area (Å²) < 4.78 is 0. The highest BCUT2D eigenvalue weighted by Gasteiger charge is 2.46. The molecule has 22 heavy (non-hydrogen) atoms. The third-order valence-corrected chi connectivity index (χ3v) is 5.44. The van der Waals surface area contributed by atoms with Crippen molar-refractivity contribution in [2.75, 3.05) is 26.7 Å². The minimum atomic E-state index is -0.0894. The minimum absolute atomic E-state index is 0.0685. The van der Waals surface area contributed by atoms with Crippen LogP contribution >= 0.6 is 0 Å². The number of hydrogen-bond donors (Lipinski definition) is 1. The molecule has 1 saturated carbocycles. The number of nitrogens with zero attached hydrogens (tertiary/aromatic N) is 2. The number of carbonyl (C=O) groups excluding carboxylic acids is 2. The predicted molar refractivity (Wildman–Crippen MR) is 85.4 cm³/mol. The number of rotatable bonds is 4. The van der Waals surface area contributed by atoms with Crippen molar-refractivity contribution in [2.45, 2.75) is 63.5 Å². The Morgan fingerprint density at radius 3 is 2.23 bits per heavy atom. The van der Waals surface area contributed by atoms with E-state index in [1.54, 1.807) is 7.05 Å². The lowest BCUT2D eigenvalue weighted by molar-refractivity contribution is -0.139. The van der Waals surface area contributed by atoms with Crippen molar-refractivity contribution >= 4 is 11.8 Å². The molecule has 124 valence electrons. The van der Waals surface area contributed by atoms with Gasteiger partial charge in [0.15, 0.2) is 0 Å². The molecule has 0 aromatic carbocycles. The van der Waals surface area contributed by atoms with Crippen molar-refractivity contribution in [1.29, 1.82) is 0 Å². The molecule has 0 radical (unpaired) electrons. The molecule has 0 bridgehead atoms. The van der Waals surface area contributed by atoms with Crippen LogP contribution < -0.4 is 5.32 Å². The molecule has 3 aliphatic rings. The van der Waals surface area contributed by atoms with E-state index in [0.717, 1.165) is 58.2 Å². The zero-order chi connectivity index (χ0) is 15.5. The Labute approximate surface area is 133 Å². The summed E-state index contributed by atoms with van der Waals surface area (Å²) in [6.45, 7) is 2.69. The van der Waals surface area contributed by atoms with E-state index in [-0.39, 0.29) is 23.9 Å². The first kappa shape index (κ1) is 15.8. The van der Waals surface area contributed by atoms with Crippen molar-refractivity contribution < 1.29 is 9.59 Å². The lowest BCUT2D eigenvalue weighted by atomic mass is 10.1. The topological polar surface area (TPSA) is 52.7 Å². The molecule has 2 atom stereocenters. The Morgan fingerprint density at radius 2 is 1.64 bits per heavy atom. The fourth-order valence-electron chi connectivity index (χ4n) is 4.08. The van der Waals surface area contributed by atoms with Crippen molar-refractivity contribution in [3.8, 4) is 0 Å². The highest BCUT2D eigenvalue weighted by Crippen LogP contribution is 2.38. The molecular formula is C17H29N3O2. The molecule has 0 unspecified atom stereocenters. The van der Waals surface area contributed by atoms with E-state index in [4.69, 9.17) is 0 Å². The van der Waals surface area contributed by atoms with Gasteiger partial charge < -0.3 is 10.2 Å². The molecule has 2 amide bonds. The number of amides is 2. The zero-order valence-corrected chi connectivity index (χ0v) is 13.7. The van der Waals surface area contributed by atoms with Crippen LogP contribution in [0.25, 0.3) is 0 Å². The van der Waals surface area contributed by atoms with Gasteiger partial charge in [-0.05, 0) is 51.0 Å². The summed E-state index contributed by atoms with van der Waals surface area (Å²) in [5, 5.41) is 2.81. The van der Waals surface area contributed by atoms with Crippen LogP contribution in [0.4, 0.5) is 0 Å². The Balaban J connectivity index is 1.71. The normalized spacial score (nSPS) is 28.2. The van der Waals surface area contributed by atoms with Gasteiger partial charge in [-0.15, -0.1) is 0 Å². The van der Waals surface area contributed by atoms with Gasteiger partial charge in [-0.25, -0.2) is 0 Å². The van der Waals surface area contributed by atoms with Crippen LogP contribution in [0.5, 0.6) is 0 Å². The van der Waals surface area contributed by atoms with E-state index in [0.29, 0.717) is 5.92 Å². The van der Waals surface area contributed by atoms with Gasteiger partial charge in [0.25, 0.3) is 0 Å². The second-order valence-electron chi connectivity index (χ2n) is 7.03. The van der Waals surface area contributed by atoms with E-state index in [9.17, 15) is 9.59 Å². The maximum atomic E-state index is 13.0. The quantitative estimate of drug-likeness (QED) is 0.854. The molecule has 0 aromatic rings. The summed E-state index contributed by atoms with van der Waals surface area (Å²) in [6.07, 6.45) is 8.92. The lowest BCUT2D eigenvalue weighted by Crippen LogP contribution is -2.54. The third kappa shape index (κ3) is 3.29. The van der Waals surface area contributed by atoms with E-state index in [1.807, 2.05) is 0 Å². The smallest absolute Gasteiger partial charge is 0.239 e. The van der Waals surface area contributed by atoms with Crippen molar-refractivity contribution in [3.05, 3.63) is 0 Å². The largest absolute Gasteiger partial charge is 0.358 e. The van der Waals surface area contributed by atoms with E-state index in [1.165, 1.54) is 12.8 Å². The number of likely N-dealkylation sites (tertiary alicyclic amines) is 2. The van der Waals surface area contributed by atoms with Gasteiger partial charge in [-0.2, -0.15) is 0 Å². The van der Waals surface area contributed by atoms with Gasteiger partial charge in [0.2, 0.25) is 11.8 Å². The molecule has 2 aliphatic heterocycles. The fourth-order valence-corrected chi connectivity index (χ4v) is 4.08. The van der Waals surface area contributed by atoms with Gasteiger partial charge in [0.05, 0.1) is 12.1 Å². The Kier molecular flexibility index (Phi) is 5.01. The summed E-state index contributed by atoms with van der Waals surface area (Å²) in [5.41, 5.74) is 0. The molecule has 0 aromatic heterocycles. The summed E-state index contributed by atoms with van der Waals surface area (Å²) >= 11 is 0. The summed E-state index contributed by atoms with van der Waals surface area (Å²) in [7, 11) is 1.71. The second kappa shape index (κ2) is 6.99. The average Bonchev–Trinajstić information content (AvgIpc) is 3.30. The molecule has 5 heteroatoms. The fraction of sp³-hybridized carbons (Fsp3) is 0.882. The summed E-state index contributed by atoms with van der Waals surface area (Å²) in [5.74, 6) is 0.824. The van der Waals surface area contributed by atoms with Crippen LogP contribution in [0.2, 0.25) is 0 Å². The molecule has 5 nitrogen and oxygen atoms in total. The van der Waals surface area contributed by atoms with Crippen LogP contribution in [-0.4, -0.2) is 60.4 Å². The molecule has 3 fully saturated rings. The highest BCUT2D eigenvalue weighted by atomic mass is 16.2. The van der Waals surface area contributed by atoms with E-state index >= 15 is 0 Å². The second-order valence-corrected chi connectivity index (χ2v) is 7.03. The monoisotopic (exact) mass is 307 g/mol. The summed E-state index contributed by atoms with van der Waals surface area (Å²) in [4.78, 5) is 29.5. The SMILES string of the molecule is CNC(=O)[C@@H](C1CC1)N1CCC[C@H]1C(=O)N1CCCCCC1. The number of hydrogen-bond acceptors (Lipinski definition) is 3. The Morgan fingerprint density at radius 1 is 0.955 bits per heavy atom.